The SMILES string of the molecule is COCC1=NC(=O)N(N(C=O)CCCN2CCC(c3ccc(F)c(F)c3)CC2)C(c2ccc(F)c(F)c2)C1C(=O)OC. The van der Waals surface area contributed by atoms with Crippen molar-refractivity contribution in [2.45, 2.75) is 31.2 Å². The van der Waals surface area contributed by atoms with Crippen LogP contribution in [0, 0.1) is 29.2 Å². The molecule has 0 aromatic heterocycles. The number of halogens is 4. The van der Waals surface area contributed by atoms with E-state index < -0.39 is 47.2 Å². The summed E-state index contributed by atoms with van der Waals surface area (Å²) in [6.07, 6.45) is 2.33. The second kappa shape index (κ2) is 13.9. The van der Waals surface area contributed by atoms with Crippen molar-refractivity contribution < 1.29 is 41.4 Å². The van der Waals surface area contributed by atoms with E-state index in [0.29, 0.717) is 32.5 Å². The lowest BCUT2D eigenvalue weighted by atomic mass is 9.87. The average molecular weight is 593 g/mol. The van der Waals surface area contributed by atoms with Gasteiger partial charge < -0.3 is 14.4 Å². The summed E-state index contributed by atoms with van der Waals surface area (Å²) in [5, 5.41) is 2.04. The average Bonchev–Trinajstić information content (AvgIpc) is 2.98. The molecule has 2 aliphatic heterocycles. The molecule has 3 amide bonds. The van der Waals surface area contributed by atoms with Gasteiger partial charge in [0.1, 0.15) is 5.92 Å². The largest absolute Gasteiger partial charge is 0.468 e. The lowest BCUT2D eigenvalue weighted by Gasteiger charge is -2.43. The number of methoxy groups -OCH3 is 2. The van der Waals surface area contributed by atoms with Gasteiger partial charge in [0.05, 0.1) is 25.5 Å². The monoisotopic (exact) mass is 592 g/mol. The zero-order valence-corrected chi connectivity index (χ0v) is 23.3. The molecule has 2 aromatic carbocycles. The first-order valence-electron chi connectivity index (χ1n) is 13.5. The fourth-order valence-corrected chi connectivity index (χ4v) is 5.57. The lowest BCUT2D eigenvalue weighted by Crippen LogP contribution is -2.55. The van der Waals surface area contributed by atoms with Gasteiger partial charge in [-0.15, -0.1) is 0 Å². The van der Waals surface area contributed by atoms with E-state index in [2.05, 4.69) is 9.89 Å². The number of benzene rings is 2. The van der Waals surface area contributed by atoms with E-state index in [1.165, 1.54) is 19.2 Å². The normalized spacial score (nSPS) is 19.9. The Labute approximate surface area is 240 Å². The maximum atomic E-state index is 14.3. The molecule has 0 saturated carbocycles. The van der Waals surface area contributed by atoms with Gasteiger partial charge in [0.15, 0.2) is 23.3 Å². The minimum atomic E-state index is -1.26. The van der Waals surface area contributed by atoms with Crippen LogP contribution in [-0.4, -0.2) is 86.0 Å². The van der Waals surface area contributed by atoms with Crippen LogP contribution in [0.5, 0.6) is 0 Å². The highest BCUT2D eigenvalue weighted by molar-refractivity contribution is 6.10. The molecule has 2 aromatic rings. The topological polar surface area (TPSA) is 91.8 Å². The third-order valence-electron chi connectivity index (χ3n) is 7.67. The molecule has 2 unspecified atom stereocenters. The third-order valence-corrected chi connectivity index (χ3v) is 7.67. The fraction of sp³-hybridized carbons (Fsp3) is 0.448. The number of rotatable bonds is 11. The summed E-state index contributed by atoms with van der Waals surface area (Å²) in [6.45, 7) is 1.80. The van der Waals surface area contributed by atoms with Gasteiger partial charge in [-0.05, 0) is 80.2 Å². The van der Waals surface area contributed by atoms with Crippen molar-refractivity contribution in [3.8, 4) is 0 Å². The molecule has 0 spiro atoms. The quantitative estimate of drug-likeness (QED) is 0.220. The van der Waals surface area contributed by atoms with Crippen LogP contribution in [0.25, 0.3) is 0 Å². The lowest BCUT2D eigenvalue weighted by molar-refractivity contribution is -0.150. The van der Waals surface area contributed by atoms with E-state index >= 15 is 0 Å². The Kier molecular flexibility index (Phi) is 10.3. The van der Waals surface area contributed by atoms with Crippen LogP contribution >= 0.6 is 0 Å². The number of hydrazine groups is 1. The van der Waals surface area contributed by atoms with Crippen LogP contribution < -0.4 is 0 Å². The van der Waals surface area contributed by atoms with Crippen molar-refractivity contribution in [1.82, 2.24) is 14.9 Å². The van der Waals surface area contributed by atoms with Gasteiger partial charge >= 0.3 is 12.0 Å². The molecule has 4 rings (SSSR count). The standard InChI is InChI=1S/C29H32F4N4O5/c1-41-16-25-26(28(39)42-2)27(20-5-7-22(31)24(33)15-20)37(29(40)34-25)36(17-38)11-3-10-35-12-8-18(9-13-35)19-4-6-21(30)23(32)14-19/h4-7,14-15,17-18,26-27H,3,8-13,16H2,1-2H3. The molecule has 1 fully saturated rings. The molecule has 2 heterocycles. The van der Waals surface area contributed by atoms with Crippen LogP contribution in [0.1, 0.15) is 42.3 Å². The summed E-state index contributed by atoms with van der Waals surface area (Å²) >= 11 is 0. The van der Waals surface area contributed by atoms with Crippen LogP contribution in [0.15, 0.2) is 41.4 Å². The Morgan fingerprint density at radius 1 is 1.00 bits per heavy atom. The number of hydrogen-bond donors (Lipinski definition) is 0. The first kappa shape index (κ1) is 31.1. The number of amides is 3. The van der Waals surface area contributed by atoms with E-state index in [4.69, 9.17) is 9.47 Å². The van der Waals surface area contributed by atoms with Gasteiger partial charge in [-0.25, -0.2) is 27.4 Å². The molecule has 0 N–H and O–H groups in total. The highest BCUT2D eigenvalue weighted by Gasteiger charge is 2.47. The van der Waals surface area contributed by atoms with E-state index in [-0.39, 0.29) is 30.3 Å². The summed E-state index contributed by atoms with van der Waals surface area (Å²) in [7, 11) is 2.49. The van der Waals surface area contributed by atoms with Crippen LogP contribution in [0.4, 0.5) is 22.4 Å². The van der Waals surface area contributed by atoms with Gasteiger partial charge in [0, 0.05) is 13.7 Å². The highest BCUT2D eigenvalue weighted by Crippen LogP contribution is 2.37. The first-order valence-corrected chi connectivity index (χ1v) is 13.5. The van der Waals surface area contributed by atoms with Crippen molar-refractivity contribution in [1.29, 1.82) is 0 Å². The number of piperidine rings is 1. The first-order chi connectivity index (χ1) is 20.2. The van der Waals surface area contributed by atoms with Crippen LogP contribution in [0.3, 0.4) is 0 Å². The molecule has 0 bridgehead atoms. The van der Waals surface area contributed by atoms with Crippen LogP contribution in [0.2, 0.25) is 0 Å². The number of ether oxygens (including phenoxy) is 2. The van der Waals surface area contributed by atoms with Gasteiger partial charge in [-0.3, -0.25) is 14.6 Å². The summed E-state index contributed by atoms with van der Waals surface area (Å²) in [5.41, 5.74) is 0.837. The van der Waals surface area contributed by atoms with E-state index in [1.807, 2.05) is 0 Å². The van der Waals surface area contributed by atoms with E-state index in [1.54, 1.807) is 6.07 Å². The van der Waals surface area contributed by atoms with Gasteiger partial charge in [0.25, 0.3) is 0 Å². The predicted octanol–water partition coefficient (Wildman–Crippen LogP) is 4.24. The second-order valence-corrected chi connectivity index (χ2v) is 10.2. The second-order valence-electron chi connectivity index (χ2n) is 10.2. The summed E-state index contributed by atoms with van der Waals surface area (Å²) in [6, 6.07) is 4.80. The van der Waals surface area contributed by atoms with Crippen molar-refractivity contribution in [2.24, 2.45) is 10.9 Å². The fourth-order valence-electron chi connectivity index (χ4n) is 5.57. The minimum absolute atomic E-state index is 0.0232. The zero-order chi connectivity index (χ0) is 30.4. The molecule has 226 valence electrons. The van der Waals surface area contributed by atoms with Crippen molar-refractivity contribution in [3.05, 3.63) is 70.8 Å². The highest BCUT2D eigenvalue weighted by atomic mass is 19.2. The van der Waals surface area contributed by atoms with Gasteiger partial charge in [-0.2, -0.15) is 4.99 Å². The molecule has 13 heteroatoms. The maximum Gasteiger partial charge on any atom is 0.363 e. The number of urea groups is 1. The van der Waals surface area contributed by atoms with Gasteiger partial charge in [0.2, 0.25) is 6.41 Å². The number of carbonyl (C=O) groups is 3. The summed E-state index contributed by atoms with van der Waals surface area (Å²) in [5.74, 6) is -6.01. The molecule has 2 atom stereocenters. The van der Waals surface area contributed by atoms with E-state index in [0.717, 1.165) is 53.7 Å². The summed E-state index contributed by atoms with van der Waals surface area (Å²) < 4.78 is 65.1. The molecule has 9 nitrogen and oxygen atoms in total. The molecular formula is C29H32F4N4O5. The zero-order valence-electron chi connectivity index (χ0n) is 23.3. The number of aliphatic imine (C=N–C) groups is 1. The number of carbonyl (C=O) groups excluding carboxylic acids is 3. The summed E-state index contributed by atoms with van der Waals surface area (Å²) in [4.78, 5) is 44.6. The van der Waals surface area contributed by atoms with Crippen molar-refractivity contribution >= 4 is 24.1 Å². The van der Waals surface area contributed by atoms with Crippen molar-refractivity contribution in [2.75, 3.05) is 47.0 Å². The number of hydrogen-bond acceptors (Lipinski definition) is 6. The molecule has 2 aliphatic rings. The predicted molar refractivity (Wildman–Crippen MR) is 143 cm³/mol. The van der Waals surface area contributed by atoms with Crippen LogP contribution in [-0.2, 0) is 19.1 Å². The van der Waals surface area contributed by atoms with Gasteiger partial charge in [-0.1, -0.05) is 12.1 Å². The maximum absolute atomic E-state index is 14.3. The molecular weight excluding hydrogens is 560 g/mol. The molecule has 1 saturated heterocycles. The Hall–Kier alpha value is -3.84. The number of esters is 1. The minimum Gasteiger partial charge on any atom is -0.468 e. The van der Waals surface area contributed by atoms with E-state index in [9.17, 15) is 31.9 Å². The Balaban J connectivity index is 1.49. The molecule has 0 radical (unpaired) electrons. The number of likely N-dealkylation sites (tertiary alicyclic amines) is 1. The third kappa shape index (κ3) is 6.79. The smallest absolute Gasteiger partial charge is 0.363 e. The Morgan fingerprint density at radius 3 is 2.19 bits per heavy atom. The Morgan fingerprint density at radius 2 is 1.62 bits per heavy atom. The molecule has 42 heavy (non-hydrogen) atoms. The number of nitrogens with zero attached hydrogens (tertiary/aromatic N) is 4. The Bertz CT molecular complexity index is 1340. The molecule has 0 aliphatic carbocycles. The van der Waals surface area contributed by atoms with Crippen molar-refractivity contribution in [3.63, 3.8) is 0 Å².